The van der Waals surface area contributed by atoms with Crippen LogP contribution in [0.1, 0.15) is 12.5 Å². The average Bonchev–Trinajstić information content (AvgIpc) is 2.45. The summed E-state index contributed by atoms with van der Waals surface area (Å²) in [5, 5.41) is 9.10. The van der Waals surface area contributed by atoms with Gasteiger partial charge in [-0.1, -0.05) is 0 Å². The molecule has 0 aromatic carbocycles. The van der Waals surface area contributed by atoms with Gasteiger partial charge in [-0.25, -0.2) is 9.78 Å². The monoisotopic (exact) mass is 261 g/mol. The van der Waals surface area contributed by atoms with Crippen molar-refractivity contribution >= 4 is 11.8 Å². The molecule has 0 unspecified atom stereocenters. The zero-order valence-corrected chi connectivity index (χ0v) is 10.9. The van der Waals surface area contributed by atoms with Gasteiger partial charge in [0.15, 0.2) is 6.10 Å². The van der Waals surface area contributed by atoms with Crippen LogP contribution < -0.4 is 4.90 Å². The molecule has 2 heterocycles. The maximum Gasteiger partial charge on any atom is 0.336 e. The molecule has 1 aliphatic heterocycles. The van der Waals surface area contributed by atoms with Crippen molar-refractivity contribution in [1.29, 1.82) is 5.26 Å². The summed E-state index contributed by atoms with van der Waals surface area (Å²) < 4.78 is 10.2. The normalized spacial score (nSPS) is 22.7. The number of aromatic nitrogens is 1. The second kappa shape index (κ2) is 5.67. The molecule has 0 amide bonds. The zero-order valence-electron chi connectivity index (χ0n) is 10.9. The van der Waals surface area contributed by atoms with Gasteiger partial charge in [0.05, 0.1) is 25.3 Å². The molecular weight excluding hydrogens is 246 g/mol. The van der Waals surface area contributed by atoms with Gasteiger partial charge in [0.2, 0.25) is 0 Å². The number of carbonyl (C=O) groups excluding carboxylic acids is 1. The first kappa shape index (κ1) is 13.3. The average molecular weight is 261 g/mol. The van der Waals surface area contributed by atoms with Crippen LogP contribution in [0.15, 0.2) is 18.3 Å². The van der Waals surface area contributed by atoms with Crippen molar-refractivity contribution in [2.45, 2.75) is 19.1 Å². The molecule has 0 radical (unpaired) electrons. The predicted octanol–water partition coefficient (Wildman–Crippen LogP) is 0.720. The fourth-order valence-electron chi connectivity index (χ4n) is 2.12. The van der Waals surface area contributed by atoms with Crippen LogP contribution in [0.25, 0.3) is 0 Å². The number of morpholine rings is 1. The molecule has 6 nitrogen and oxygen atoms in total. The van der Waals surface area contributed by atoms with Gasteiger partial charge in [-0.2, -0.15) is 5.26 Å². The highest BCUT2D eigenvalue weighted by molar-refractivity contribution is 5.76. The van der Waals surface area contributed by atoms with E-state index in [4.69, 9.17) is 14.7 Å². The third kappa shape index (κ3) is 2.83. The zero-order chi connectivity index (χ0) is 13.8. The highest BCUT2D eigenvalue weighted by Gasteiger charge is 2.32. The van der Waals surface area contributed by atoms with Crippen LogP contribution >= 0.6 is 0 Å². The summed E-state index contributed by atoms with van der Waals surface area (Å²) in [6.07, 6.45) is 0.845. The van der Waals surface area contributed by atoms with E-state index >= 15 is 0 Å². The van der Waals surface area contributed by atoms with Gasteiger partial charge in [0.25, 0.3) is 0 Å². The number of hydrogen-bond acceptors (Lipinski definition) is 6. The van der Waals surface area contributed by atoms with Crippen LogP contribution in [-0.2, 0) is 14.3 Å². The lowest BCUT2D eigenvalue weighted by Gasteiger charge is -2.36. The molecule has 0 saturated carbocycles. The summed E-state index contributed by atoms with van der Waals surface area (Å²) in [4.78, 5) is 17.7. The van der Waals surface area contributed by atoms with E-state index in [0.717, 1.165) is 0 Å². The van der Waals surface area contributed by atoms with E-state index in [9.17, 15) is 4.79 Å². The highest BCUT2D eigenvalue weighted by atomic mass is 16.6. The summed E-state index contributed by atoms with van der Waals surface area (Å²) in [6.45, 7) is 2.79. The standard InChI is InChI=1S/C13H15N3O3/c1-9-7-16(8-11(19-9)13(17)18-2)12-10(6-14)4-3-5-15-12/h3-5,9,11H,7-8H2,1-2H3/t9-,11-/m1/s1. The molecule has 0 bridgehead atoms. The molecule has 2 rings (SSSR count). The van der Waals surface area contributed by atoms with Crippen molar-refractivity contribution < 1.29 is 14.3 Å². The molecule has 0 N–H and O–H groups in total. The number of hydrogen-bond donors (Lipinski definition) is 0. The number of carbonyl (C=O) groups is 1. The smallest absolute Gasteiger partial charge is 0.336 e. The Kier molecular flexibility index (Phi) is 3.97. The molecule has 1 fully saturated rings. The van der Waals surface area contributed by atoms with Crippen LogP contribution in [0.4, 0.5) is 5.82 Å². The number of methoxy groups -OCH3 is 1. The Bertz CT molecular complexity index is 512. The van der Waals surface area contributed by atoms with Gasteiger partial charge in [0, 0.05) is 12.7 Å². The van der Waals surface area contributed by atoms with Gasteiger partial charge in [0.1, 0.15) is 11.9 Å². The topological polar surface area (TPSA) is 75.5 Å². The largest absolute Gasteiger partial charge is 0.467 e. The first-order valence-electron chi connectivity index (χ1n) is 5.99. The Labute approximate surface area is 111 Å². The number of esters is 1. The summed E-state index contributed by atoms with van der Waals surface area (Å²) in [6, 6.07) is 5.52. The second-order valence-corrected chi connectivity index (χ2v) is 4.35. The summed E-state index contributed by atoms with van der Waals surface area (Å²) in [7, 11) is 1.33. The van der Waals surface area contributed by atoms with Crippen molar-refractivity contribution in [1.82, 2.24) is 4.98 Å². The van der Waals surface area contributed by atoms with E-state index in [0.29, 0.717) is 24.5 Å². The number of nitrogens with zero attached hydrogens (tertiary/aromatic N) is 3. The lowest BCUT2D eigenvalue weighted by Crippen LogP contribution is -2.50. The van der Waals surface area contributed by atoms with E-state index < -0.39 is 12.1 Å². The number of nitriles is 1. The van der Waals surface area contributed by atoms with E-state index in [-0.39, 0.29) is 6.10 Å². The maximum atomic E-state index is 11.6. The first-order chi connectivity index (χ1) is 9.15. The minimum Gasteiger partial charge on any atom is -0.467 e. The summed E-state index contributed by atoms with van der Waals surface area (Å²) >= 11 is 0. The molecule has 100 valence electrons. The van der Waals surface area contributed by atoms with Crippen LogP contribution in [0, 0.1) is 11.3 Å². The molecule has 1 saturated heterocycles. The molecule has 0 spiro atoms. The van der Waals surface area contributed by atoms with E-state index in [1.54, 1.807) is 18.3 Å². The maximum absolute atomic E-state index is 11.6. The van der Waals surface area contributed by atoms with Gasteiger partial charge >= 0.3 is 5.97 Å². The number of ether oxygens (including phenoxy) is 2. The minimum absolute atomic E-state index is 0.133. The highest BCUT2D eigenvalue weighted by Crippen LogP contribution is 2.21. The fourth-order valence-corrected chi connectivity index (χ4v) is 2.12. The molecule has 1 aromatic rings. The molecular formula is C13H15N3O3. The fraction of sp³-hybridized carbons (Fsp3) is 0.462. The van der Waals surface area contributed by atoms with Crippen LogP contribution in [0.2, 0.25) is 0 Å². The number of rotatable bonds is 2. The molecule has 0 aliphatic carbocycles. The second-order valence-electron chi connectivity index (χ2n) is 4.35. The van der Waals surface area contributed by atoms with Crippen molar-refractivity contribution in [3.05, 3.63) is 23.9 Å². The quantitative estimate of drug-likeness (QED) is 0.730. The Morgan fingerprint density at radius 1 is 1.63 bits per heavy atom. The van der Waals surface area contributed by atoms with Crippen LogP contribution in [-0.4, -0.2) is 43.4 Å². The first-order valence-corrected chi connectivity index (χ1v) is 5.99. The number of anilines is 1. The Morgan fingerprint density at radius 3 is 3.11 bits per heavy atom. The summed E-state index contributed by atoms with van der Waals surface area (Å²) in [5.41, 5.74) is 0.486. The van der Waals surface area contributed by atoms with E-state index in [1.807, 2.05) is 11.8 Å². The minimum atomic E-state index is -0.651. The molecule has 1 aromatic heterocycles. The Morgan fingerprint density at radius 2 is 2.42 bits per heavy atom. The van der Waals surface area contributed by atoms with E-state index in [1.165, 1.54) is 7.11 Å². The van der Waals surface area contributed by atoms with Crippen molar-refractivity contribution in [2.75, 3.05) is 25.1 Å². The predicted molar refractivity (Wildman–Crippen MR) is 67.5 cm³/mol. The summed E-state index contributed by atoms with van der Waals surface area (Å²) in [5.74, 6) is 0.167. The van der Waals surface area contributed by atoms with Gasteiger partial charge in [-0.15, -0.1) is 0 Å². The molecule has 19 heavy (non-hydrogen) atoms. The lowest BCUT2D eigenvalue weighted by molar-refractivity contribution is -0.158. The third-order valence-electron chi connectivity index (χ3n) is 2.93. The van der Waals surface area contributed by atoms with Crippen molar-refractivity contribution in [3.8, 4) is 6.07 Å². The van der Waals surface area contributed by atoms with Crippen LogP contribution in [0.5, 0.6) is 0 Å². The van der Waals surface area contributed by atoms with Gasteiger partial charge in [-0.3, -0.25) is 0 Å². The molecule has 6 heteroatoms. The molecule has 2 atom stereocenters. The Balaban J connectivity index is 2.24. The third-order valence-corrected chi connectivity index (χ3v) is 2.93. The Hall–Kier alpha value is -2.13. The van der Waals surface area contributed by atoms with E-state index in [2.05, 4.69) is 11.1 Å². The lowest BCUT2D eigenvalue weighted by atomic mass is 10.2. The van der Waals surface area contributed by atoms with Crippen molar-refractivity contribution in [2.24, 2.45) is 0 Å². The van der Waals surface area contributed by atoms with Crippen LogP contribution in [0.3, 0.4) is 0 Å². The molecule has 1 aliphatic rings. The SMILES string of the molecule is COC(=O)[C@H]1CN(c2ncccc2C#N)C[C@@H](C)O1. The van der Waals surface area contributed by atoms with Gasteiger partial charge < -0.3 is 14.4 Å². The number of pyridine rings is 1. The van der Waals surface area contributed by atoms with Crippen molar-refractivity contribution in [3.63, 3.8) is 0 Å². The van der Waals surface area contributed by atoms with Gasteiger partial charge in [-0.05, 0) is 19.1 Å².